The van der Waals surface area contributed by atoms with Gasteiger partial charge in [0.05, 0.1) is 6.61 Å². The van der Waals surface area contributed by atoms with Crippen LogP contribution in [0.1, 0.15) is 13.8 Å². The van der Waals surface area contributed by atoms with Gasteiger partial charge in [-0.25, -0.2) is 4.89 Å². The van der Waals surface area contributed by atoms with Gasteiger partial charge in [0.15, 0.2) is 0 Å². The summed E-state index contributed by atoms with van der Waals surface area (Å²) in [5.41, 5.74) is 0. The van der Waals surface area contributed by atoms with Crippen LogP contribution in [-0.2, 0) is 8.63 Å². The summed E-state index contributed by atoms with van der Waals surface area (Å²) in [5.74, 6) is 0.426. The number of hydrogen-bond donors (Lipinski definition) is 1. The molecule has 5 nitrogen and oxygen atoms in total. The molecule has 5 N–H and O–H groups in total. The first kappa shape index (κ1) is 30.2. The van der Waals surface area contributed by atoms with Gasteiger partial charge < -0.3 is 11.0 Å². The summed E-state index contributed by atoms with van der Waals surface area (Å²) in [5, 5.41) is 7.74. The van der Waals surface area contributed by atoms with Crippen LogP contribution in [0, 0.1) is 41.5 Å². The molecule has 0 saturated carbocycles. The first-order valence-corrected chi connectivity index (χ1v) is 12.2. The molecule has 0 unspecified atom stereocenters. The van der Waals surface area contributed by atoms with E-state index in [0.29, 0.717) is 12.5 Å². The summed E-state index contributed by atoms with van der Waals surface area (Å²) in [6, 6.07) is 29.4. The maximum Gasteiger partial charge on any atom is 0 e. The minimum atomic E-state index is -3.54. The van der Waals surface area contributed by atoms with Crippen LogP contribution in [0.4, 0.5) is 0 Å². The van der Waals surface area contributed by atoms with Gasteiger partial charge in [-0.2, -0.15) is 0 Å². The molecule has 0 heterocycles. The standard InChI is InChI=1S/C18H15AsO.C4H10O2.La.2H2O/c20-19(16-10-4-1-5-11-16,17-12-6-2-7-13-17)18-14-8-3-9-15-18;1-4(2)3-6-5;;;/h1-15H;4-5H,3H2,1-2H3;;2*1H2. The zero-order chi connectivity index (χ0) is 18.8. The molecule has 0 aliphatic carbocycles. The normalized spacial score (nSPS) is 9.79. The summed E-state index contributed by atoms with van der Waals surface area (Å²) >= 11 is -3.54. The third kappa shape index (κ3) is 8.75. The van der Waals surface area contributed by atoms with E-state index in [4.69, 9.17) is 5.26 Å². The van der Waals surface area contributed by atoms with Gasteiger partial charge in [0.1, 0.15) is 0 Å². The van der Waals surface area contributed by atoms with Gasteiger partial charge in [0, 0.05) is 35.6 Å². The molecule has 155 valence electrons. The second-order valence-corrected chi connectivity index (χ2v) is 12.1. The molecular formula is C22H29AsLaO5. The van der Waals surface area contributed by atoms with Gasteiger partial charge in [-0.1, -0.05) is 13.8 Å². The van der Waals surface area contributed by atoms with Gasteiger partial charge in [-0.05, 0) is 5.92 Å². The molecule has 3 aromatic rings. The molecule has 0 saturated heterocycles. The average Bonchev–Trinajstić information content (AvgIpc) is 2.70. The number of rotatable bonds is 5. The van der Waals surface area contributed by atoms with Crippen LogP contribution < -0.4 is 13.1 Å². The Morgan fingerprint density at radius 1 is 0.724 bits per heavy atom. The quantitative estimate of drug-likeness (QED) is 0.278. The van der Waals surface area contributed by atoms with E-state index in [9.17, 15) is 3.74 Å². The van der Waals surface area contributed by atoms with E-state index in [1.807, 2.05) is 105 Å². The maximum absolute atomic E-state index is 13.9. The first-order valence-electron chi connectivity index (χ1n) is 8.62. The Morgan fingerprint density at radius 2 is 1.00 bits per heavy atom. The first-order chi connectivity index (χ1) is 12.6. The van der Waals surface area contributed by atoms with Crippen LogP contribution in [0.3, 0.4) is 0 Å². The van der Waals surface area contributed by atoms with Crippen LogP contribution in [0.15, 0.2) is 91.0 Å². The van der Waals surface area contributed by atoms with Crippen LogP contribution in [0.25, 0.3) is 0 Å². The van der Waals surface area contributed by atoms with Gasteiger partial charge in [0.2, 0.25) is 0 Å². The van der Waals surface area contributed by atoms with Gasteiger partial charge in [-0.15, -0.1) is 0 Å². The fourth-order valence-corrected chi connectivity index (χ4v) is 8.11. The summed E-state index contributed by atoms with van der Waals surface area (Å²) in [4.78, 5) is 3.80. The molecule has 0 amide bonds. The van der Waals surface area contributed by atoms with Crippen LogP contribution in [0.5, 0.6) is 0 Å². The van der Waals surface area contributed by atoms with Crippen molar-refractivity contribution in [3.63, 3.8) is 0 Å². The fraction of sp³-hybridized carbons (Fsp3) is 0.182. The van der Waals surface area contributed by atoms with Crippen LogP contribution in [0.2, 0.25) is 0 Å². The summed E-state index contributed by atoms with van der Waals surface area (Å²) in [6.07, 6.45) is 0. The van der Waals surface area contributed by atoms with Crippen molar-refractivity contribution in [1.29, 1.82) is 0 Å². The molecule has 3 aromatic carbocycles. The predicted molar refractivity (Wildman–Crippen MR) is 115 cm³/mol. The summed E-state index contributed by atoms with van der Waals surface area (Å²) < 4.78 is 16.7. The monoisotopic (exact) mass is 587 g/mol. The Balaban J connectivity index is 0. The van der Waals surface area contributed by atoms with E-state index in [1.54, 1.807) is 0 Å². The van der Waals surface area contributed by atoms with Crippen molar-refractivity contribution in [3.8, 4) is 0 Å². The topological polar surface area (TPSA) is 110 Å². The second-order valence-electron chi connectivity index (χ2n) is 6.31. The third-order valence-corrected chi connectivity index (χ3v) is 10.2. The molecule has 7 heteroatoms. The SMILES string of the molecule is CC(C)COO.O.O.O=[As](c1ccccc1)(c1ccccc1)c1ccccc1.[La]. The second kappa shape index (κ2) is 15.8. The Bertz CT molecular complexity index is 711. The van der Waals surface area contributed by atoms with Gasteiger partial charge >= 0.3 is 121 Å². The third-order valence-electron chi connectivity index (χ3n) is 3.77. The smallest absolute Gasteiger partial charge is 0 e. The van der Waals surface area contributed by atoms with E-state index in [0.717, 1.165) is 13.1 Å². The molecule has 1 radical (unpaired) electrons. The van der Waals surface area contributed by atoms with Gasteiger partial charge in [0.25, 0.3) is 0 Å². The van der Waals surface area contributed by atoms with Crippen molar-refractivity contribution in [3.05, 3.63) is 91.0 Å². The molecule has 29 heavy (non-hydrogen) atoms. The summed E-state index contributed by atoms with van der Waals surface area (Å²) in [6.45, 7) is 4.37. The average molecular weight is 587 g/mol. The fourth-order valence-electron chi connectivity index (χ4n) is 2.51. The molecule has 0 aromatic heterocycles. The molecule has 0 aliphatic rings. The molecule has 3 rings (SSSR count). The largest absolute Gasteiger partial charge is 0 e. The van der Waals surface area contributed by atoms with Crippen molar-refractivity contribution in [2.75, 3.05) is 6.61 Å². The summed E-state index contributed by atoms with van der Waals surface area (Å²) in [7, 11) is 0. The van der Waals surface area contributed by atoms with E-state index < -0.39 is 13.5 Å². The van der Waals surface area contributed by atoms with Crippen molar-refractivity contribution in [2.45, 2.75) is 13.8 Å². The molecule has 0 spiro atoms. The molecule has 0 bridgehead atoms. The molecule has 0 fully saturated rings. The Labute approximate surface area is 202 Å². The zero-order valence-corrected chi connectivity index (χ0v) is 22.2. The zero-order valence-electron chi connectivity index (χ0n) is 16.7. The van der Waals surface area contributed by atoms with E-state index in [-0.39, 0.29) is 46.6 Å². The molecule has 0 atom stereocenters. The van der Waals surface area contributed by atoms with Crippen molar-refractivity contribution in [1.82, 2.24) is 0 Å². The maximum atomic E-state index is 13.9. The van der Waals surface area contributed by atoms with E-state index >= 15 is 0 Å². The number of benzene rings is 3. The Hall–Kier alpha value is -0.947. The van der Waals surface area contributed by atoms with E-state index in [2.05, 4.69) is 4.89 Å². The van der Waals surface area contributed by atoms with Gasteiger partial charge in [-0.3, -0.25) is 5.26 Å². The minimum absolute atomic E-state index is 0. The van der Waals surface area contributed by atoms with Crippen molar-refractivity contribution in [2.24, 2.45) is 5.92 Å². The van der Waals surface area contributed by atoms with E-state index in [1.165, 1.54) is 0 Å². The predicted octanol–water partition coefficient (Wildman–Crippen LogP) is 1.57. The van der Waals surface area contributed by atoms with Crippen molar-refractivity contribution < 1.29 is 60.4 Å². The molecular weight excluding hydrogens is 558 g/mol. The minimum Gasteiger partial charge on any atom is 0 e. The Kier molecular flexibility index (Phi) is 16.5. The van der Waals surface area contributed by atoms with Crippen LogP contribution >= 0.6 is 0 Å². The molecule has 0 aliphatic heterocycles. The van der Waals surface area contributed by atoms with Crippen molar-refractivity contribution >= 4 is 26.5 Å². The Morgan fingerprint density at radius 3 is 1.17 bits per heavy atom. The number of hydrogen-bond acceptors (Lipinski definition) is 3. The van der Waals surface area contributed by atoms with Crippen LogP contribution in [-0.4, -0.2) is 36.3 Å².